The van der Waals surface area contributed by atoms with Crippen LogP contribution in [-0.4, -0.2) is 27.4 Å². The number of hydrogen-bond acceptors (Lipinski definition) is 3. The summed E-state index contributed by atoms with van der Waals surface area (Å²) in [6.07, 6.45) is 0.793. The summed E-state index contributed by atoms with van der Waals surface area (Å²) in [5.74, 6) is -0.295. The Morgan fingerprint density at radius 3 is 2.52 bits per heavy atom. The molecule has 1 N–H and O–H groups in total. The summed E-state index contributed by atoms with van der Waals surface area (Å²) in [7, 11) is -2.35. The summed E-state index contributed by atoms with van der Waals surface area (Å²) >= 11 is 5.94. The van der Waals surface area contributed by atoms with E-state index in [2.05, 4.69) is 5.32 Å². The predicted molar refractivity (Wildman–Crippen MR) is 101 cm³/mol. The molecule has 0 heterocycles. The van der Waals surface area contributed by atoms with E-state index in [0.29, 0.717) is 16.3 Å². The molecular weight excluding hydrogens is 360 g/mol. The fraction of sp³-hybridized carbons (Fsp3) is 0.278. The first-order chi connectivity index (χ1) is 11.8. The van der Waals surface area contributed by atoms with Crippen LogP contribution in [0.1, 0.15) is 30.6 Å². The summed E-state index contributed by atoms with van der Waals surface area (Å²) < 4.78 is 26.8. The zero-order valence-electron chi connectivity index (χ0n) is 14.4. The molecular formula is C18H21ClN2O3S. The van der Waals surface area contributed by atoms with Crippen LogP contribution in [0, 0.1) is 0 Å². The molecule has 7 heteroatoms. The lowest BCUT2D eigenvalue weighted by molar-refractivity contribution is 0.0939. The van der Waals surface area contributed by atoms with Crippen molar-refractivity contribution in [3.8, 4) is 0 Å². The first kappa shape index (κ1) is 19.3. The highest BCUT2D eigenvalue weighted by Crippen LogP contribution is 2.25. The number of halogens is 1. The molecule has 2 aromatic rings. The van der Waals surface area contributed by atoms with Gasteiger partial charge in [-0.3, -0.25) is 9.10 Å². The lowest BCUT2D eigenvalue weighted by Gasteiger charge is -2.20. The second-order valence-electron chi connectivity index (χ2n) is 5.76. The Morgan fingerprint density at radius 1 is 1.20 bits per heavy atom. The van der Waals surface area contributed by atoms with Gasteiger partial charge in [-0.25, -0.2) is 8.42 Å². The minimum Gasteiger partial charge on any atom is -0.350 e. The minimum atomic E-state index is -3.80. The topological polar surface area (TPSA) is 66.5 Å². The second-order valence-corrected chi connectivity index (χ2v) is 8.17. The molecule has 134 valence electrons. The molecule has 5 nitrogen and oxygen atoms in total. The number of benzene rings is 2. The van der Waals surface area contributed by atoms with Gasteiger partial charge in [-0.1, -0.05) is 30.7 Å². The Balaban J connectivity index is 2.34. The van der Waals surface area contributed by atoms with Gasteiger partial charge in [-0.15, -0.1) is 0 Å². The standard InChI is InChI=1S/C18H21ClN2O3S/c1-4-13(2)20-18(22)14-7-5-10-17(11-14)25(23,24)21(3)16-9-6-8-15(19)12-16/h5-13H,4H2,1-3H3,(H,20,22)/t13-/m0/s1. The number of carbonyl (C=O) groups is 1. The highest BCUT2D eigenvalue weighted by atomic mass is 35.5. The Labute approximate surface area is 153 Å². The van der Waals surface area contributed by atoms with Crippen LogP contribution in [0.25, 0.3) is 0 Å². The third-order valence-electron chi connectivity index (χ3n) is 3.92. The molecule has 0 aromatic heterocycles. The summed E-state index contributed by atoms with van der Waals surface area (Å²) in [6, 6.07) is 12.6. The first-order valence-electron chi connectivity index (χ1n) is 7.91. The van der Waals surface area contributed by atoms with E-state index in [1.54, 1.807) is 36.4 Å². The van der Waals surface area contributed by atoms with Crippen molar-refractivity contribution >= 4 is 33.2 Å². The van der Waals surface area contributed by atoms with Crippen LogP contribution in [0.3, 0.4) is 0 Å². The van der Waals surface area contributed by atoms with Crippen molar-refractivity contribution in [2.75, 3.05) is 11.4 Å². The third-order valence-corrected chi connectivity index (χ3v) is 5.93. The molecule has 0 bridgehead atoms. The zero-order chi connectivity index (χ0) is 18.6. The van der Waals surface area contributed by atoms with Gasteiger partial charge in [0, 0.05) is 23.7 Å². The maximum atomic E-state index is 12.8. The van der Waals surface area contributed by atoms with Crippen molar-refractivity contribution in [2.24, 2.45) is 0 Å². The van der Waals surface area contributed by atoms with Gasteiger partial charge in [-0.2, -0.15) is 0 Å². The van der Waals surface area contributed by atoms with Crippen LogP contribution < -0.4 is 9.62 Å². The van der Waals surface area contributed by atoms with Gasteiger partial charge in [0.25, 0.3) is 15.9 Å². The largest absolute Gasteiger partial charge is 0.350 e. The highest BCUT2D eigenvalue weighted by molar-refractivity contribution is 7.92. The number of carbonyl (C=O) groups excluding carboxylic acids is 1. The first-order valence-corrected chi connectivity index (χ1v) is 9.73. The van der Waals surface area contributed by atoms with Crippen LogP contribution in [0.15, 0.2) is 53.4 Å². The van der Waals surface area contributed by atoms with Gasteiger partial charge in [0.1, 0.15) is 0 Å². The minimum absolute atomic E-state index is 0.0156. The van der Waals surface area contributed by atoms with Crippen LogP contribution in [0.2, 0.25) is 5.02 Å². The number of amides is 1. The molecule has 0 saturated carbocycles. The lowest BCUT2D eigenvalue weighted by Crippen LogP contribution is -2.32. The number of rotatable bonds is 6. The molecule has 2 rings (SSSR count). The third kappa shape index (κ3) is 4.52. The predicted octanol–water partition coefficient (Wildman–Crippen LogP) is 3.69. The van der Waals surface area contributed by atoms with Crippen molar-refractivity contribution in [2.45, 2.75) is 31.2 Å². The van der Waals surface area contributed by atoms with Crippen LogP contribution in [-0.2, 0) is 10.0 Å². The summed E-state index contributed by atoms with van der Waals surface area (Å²) in [5.41, 5.74) is 0.753. The smallest absolute Gasteiger partial charge is 0.264 e. The quantitative estimate of drug-likeness (QED) is 0.831. The average molecular weight is 381 g/mol. The van der Waals surface area contributed by atoms with Gasteiger partial charge in [-0.05, 0) is 49.7 Å². The Kier molecular flexibility index (Phi) is 6.08. The molecule has 0 aliphatic heterocycles. The molecule has 0 aliphatic carbocycles. The van der Waals surface area contributed by atoms with Gasteiger partial charge in [0.15, 0.2) is 0 Å². The van der Waals surface area contributed by atoms with Gasteiger partial charge in [0.2, 0.25) is 0 Å². The summed E-state index contributed by atoms with van der Waals surface area (Å²) in [5, 5.41) is 3.27. The molecule has 1 amide bonds. The van der Waals surface area contributed by atoms with Crippen molar-refractivity contribution in [3.05, 3.63) is 59.1 Å². The molecule has 25 heavy (non-hydrogen) atoms. The van der Waals surface area contributed by atoms with Crippen LogP contribution in [0.5, 0.6) is 0 Å². The molecule has 2 aromatic carbocycles. The van der Waals surface area contributed by atoms with E-state index in [-0.39, 0.29) is 16.8 Å². The number of nitrogens with zero attached hydrogens (tertiary/aromatic N) is 1. The fourth-order valence-electron chi connectivity index (χ4n) is 2.18. The summed E-state index contributed by atoms with van der Waals surface area (Å²) in [4.78, 5) is 12.3. The molecule has 1 atom stereocenters. The van der Waals surface area contributed by atoms with Crippen molar-refractivity contribution < 1.29 is 13.2 Å². The Bertz CT molecular complexity index is 868. The van der Waals surface area contributed by atoms with Crippen molar-refractivity contribution in [3.63, 3.8) is 0 Å². The normalized spacial score (nSPS) is 12.5. The SMILES string of the molecule is CC[C@H](C)NC(=O)c1cccc(S(=O)(=O)N(C)c2cccc(Cl)c2)c1. The molecule has 0 aliphatic rings. The van der Waals surface area contributed by atoms with E-state index in [1.165, 1.54) is 19.2 Å². The number of nitrogens with one attached hydrogen (secondary N) is 1. The van der Waals surface area contributed by atoms with E-state index >= 15 is 0 Å². The Morgan fingerprint density at radius 2 is 1.88 bits per heavy atom. The second kappa shape index (κ2) is 7.89. The average Bonchev–Trinajstić information content (AvgIpc) is 2.60. The lowest BCUT2D eigenvalue weighted by atomic mass is 10.2. The van der Waals surface area contributed by atoms with E-state index in [9.17, 15) is 13.2 Å². The maximum absolute atomic E-state index is 12.8. The number of sulfonamides is 1. The van der Waals surface area contributed by atoms with Gasteiger partial charge < -0.3 is 5.32 Å². The maximum Gasteiger partial charge on any atom is 0.264 e. The Hall–Kier alpha value is -2.05. The van der Waals surface area contributed by atoms with Crippen molar-refractivity contribution in [1.82, 2.24) is 5.32 Å². The van der Waals surface area contributed by atoms with Crippen LogP contribution >= 0.6 is 11.6 Å². The van der Waals surface area contributed by atoms with E-state index in [0.717, 1.165) is 10.7 Å². The molecule has 0 spiro atoms. The van der Waals surface area contributed by atoms with Gasteiger partial charge >= 0.3 is 0 Å². The molecule has 0 fully saturated rings. The van der Waals surface area contributed by atoms with E-state index in [1.807, 2.05) is 13.8 Å². The monoisotopic (exact) mass is 380 g/mol. The van der Waals surface area contributed by atoms with Gasteiger partial charge in [0.05, 0.1) is 10.6 Å². The van der Waals surface area contributed by atoms with Crippen molar-refractivity contribution in [1.29, 1.82) is 0 Å². The number of hydrogen-bond donors (Lipinski definition) is 1. The highest BCUT2D eigenvalue weighted by Gasteiger charge is 2.22. The van der Waals surface area contributed by atoms with Crippen LogP contribution in [0.4, 0.5) is 5.69 Å². The molecule has 0 saturated heterocycles. The van der Waals surface area contributed by atoms with E-state index < -0.39 is 10.0 Å². The summed E-state index contributed by atoms with van der Waals surface area (Å²) in [6.45, 7) is 3.86. The zero-order valence-corrected chi connectivity index (χ0v) is 15.9. The number of anilines is 1. The molecule has 0 unspecified atom stereocenters. The fourth-order valence-corrected chi connectivity index (χ4v) is 3.59. The molecule has 0 radical (unpaired) electrons. The van der Waals surface area contributed by atoms with E-state index in [4.69, 9.17) is 11.6 Å².